The van der Waals surface area contributed by atoms with Gasteiger partial charge in [0.05, 0.1) is 58.1 Å². The highest BCUT2D eigenvalue weighted by Crippen LogP contribution is 2.05. The van der Waals surface area contributed by atoms with Crippen LogP contribution in [0, 0.1) is 0 Å². The molecule has 0 aliphatic carbocycles. The summed E-state index contributed by atoms with van der Waals surface area (Å²) in [7, 11) is -5.10. The lowest BCUT2D eigenvalue weighted by Gasteiger charge is -2.28. The first-order valence-corrected chi connectivity index (χ1v) is 23.7. The lowest BCUT2D eigenvalue weighted by Crippen LogP contribution is -2.55. The molecule has 66 heavy (non-hydrogen) atoms. The Morgan fingerprint density at radius 3 is 1.00 bits per heavy atom. The van der Waals surface area contributed by atoms with Crippen LogP contribution in [-0.2, 0) is 78.3 Å². The Bertz CT molecular complexity index is 2180. The molecule has 3 atom stereocenters. The second-order valence-electron chi connectivity index (χ2n) is 15.2. The van der Waals surface area contributed by atoms with E-state index in [1.165, 1.54) is 28.1 Å². The molecule has 0 aromatic heterocycles. The Balaban J connectivity index is 5.37. The standard InChI is InChI=1S/C33H59N11O19S3/c1-21(19-64(55,56)57)35-24(45)11-37(2)26(47)13-39(4)28(49)15-41(6)30(51)17-43(8)32(53)22(20-65(58,59)60)36-25(46)12-38(3)27(48)14-40(5)29(50)16-42(7)31(52)18-44(9)33(54)23(10-34)66(61,62)63/h21-23H,10-20,34H2,1-9H3,(H,35,45)(H,36,46)(H,55,56,57)(H,58,59,60)(H,61,62,63)/t21-,22+,23?/m1/s1. The van der Waals surface area contributed by atoms with E-state index in [-0.39, 0.29) is 0 Å². The molecule has 0 heterocycles. The molecular weight excluding hydrogens is 951 g/mol. The van der Waals surface area contributed by atoms with Crippen molar-refractivity contribution >= 4 is 89.4 Å². The van der Waals surface area contributed by atoms with E-state index in [0.717, 1.165) is 64.6 Å². The van der Waals surface area contributed by atoms with Crippen LogP contribution < -0.4 is 16.4 Å². The lowest BCUT2D eigenvalue weighted by molar-refractivity contribution is -0.145. The highest BCUT2D eigenvalue weighted by Gasteiger charge is 2.34. The largest absolute Gasteiger partial charge is 0.351 e. The average Bonchev–Trinajstić information content (AvgIpc) is 3.14. The number of carbonyl (C=O) groups excluding carboxylic acids is 10. The minimum absolute atomic E-state index is 0.536. The van der Waals surface area contributed by atoms with E-state index in [1.807, 2.05) is 0 Å². The molecule has 0 radical (unpaired) electrons. The molecule has 10 amide bonds. The molecule has 0 rings (SSSR count). The monoisotopic (exact) mass is 1010 g/mol. The molecule has 0 aromatic carbocycles. The van der Waals surface area contributed by atoms with Gasteiger partial charge in [-0.05, 0) is 6.92 Å². The van der Waals surface area contributed by atoms with Crippen LogP contribution in [0.25, 0.3) is 0 Å². The molecule has 0 spiro atoms. The van der Waals surface area contributed by atoms with E-state index in [1.54, 1.807) is 0 Å². The SMILES string of the molecule is C[C@H](CS(=O)(=O)O)NC(=O)CN(C)C(=O)CN(C)C(=O)CN(C)C(=O)CN(C)C(=O)[C@H](CS(=O)(=O)O)NC(=O)CN(C)C(=O)CN(C)C(=O)CN(C)C(=O)CN(C)C(=O)C(CN)S(=O)(=O)O. The Morgan fingerprint density at radius 2 is 0.712 bits per heavy atom. The van der Waals surface area contributed by atoms with Crippen LogP contribution in [0.3, 0.4) is 0 Å². The molecule has 0 aliphatic heterocycles. The fraction of sp³-hybridized carbons (Fsp3) is 0.697. The van der Waals surface area contributed by atoms with Crippen molar-refractivity contribution in [3.8, 4) is 0 Å². The fourth-order valence-corrected chi connectivity index (χ4v) is 7.26. The van der Waals surface area contributed by atoms with Crippen LogP contribution >= 0.6 is 0 Å². The molecule has 0 aromatic rings. The Hall–Kier alpha value is -5.61. The number of nitrogens with zero attached hydrogens (tertiary/aromatic N) is 8. The van der Waals surface area contributed by atoms with Gasteiger partial charge in [0.15, 0.2) is 5.25 Å². The van der Waals surface area contributed by atoms with Crippen LogP contribution in [0.2, 0.25) is 0 Å². The number of rotatable bonds is 26. The minimum Gasteiger partial charge on any atom is -0.351 e. The first-order chi connectivity index (χ1) is 29.9. The number of nitrogens with two attached hydrogens (primary N) is 1. The van der Waals surface area contributed by atoms with E-state index in [2.05, 4.69) is 10.6 Å². The predicted molar refractivity (Wildman–Crippen MR) is 228 cm³/mol. The second kappa shape index (κ2) is 25.9. The summed E-state index contributed by atoms with van der Waals surface area (Å²) in [6.07, 6.45) is 0. The van der Waals surface area contributed by atoms with Crippen molar-refractivity contribution < 1.29 is 86.9 Å². The van der Waals surface area contributed by atoms with Crippen LogP contribution in [-0.4, -0.2) is 281 Å². The van der Waals surface area contributed by atoms with Gasteiger partial charge in [0, 0.05) is 69.0 Å². The van der Waals surface area contributed by atoms with Gasteiger partial charge in [-0.25, -0.2) is 0 Å². The number of likely N-dealkylation sites (N-methyl/N-ethyl adjacent to an activating group) is 8. The van der Waals surface area contributed by atoms with Crippen LogP contribution in [0.5, 0.6) is 0 Å². The van der Waals surface area contributed by atoms with E-state index in [0.29, 0.717) is 9.80 Å². The molecule has 378 valence electrons. The fourth-order valence-electron chi connectivity index (χ4n) is 5.22. The van der Waals surface area contributed by atoms with Gasteiger partial charge in [-0.3, -0.25) is 61.6 Å². The van der Waals surface area contributed by atoms with Gasteiger partial charge >= 0.3 is 0 Å². The van der Waals surface area contributed by atoms with E-state index in [4.69, 9.17) is 10.3 Å². The first-order valence-electron chi connectivity index (χ1n) is 19.0. The van der Waals surface area contributed by atoms with Crippen molar-refractivity contribution in [2.45, 2.75) is 24.3 Å². The molecular formula is C33H59N11O19S3. The molecule has 30 nitrogen and oxygen atoms in total. The van der Waals surface area contributed by atoms with Gasteiger partial charge in [0.2, 0.25) is 59.1 Å². The molecule has 0 saturated heterocycles. The molecule has 0 bridgehead atoms. The van der Waals surface area contributed by atoms with Crippen LogP contribution in [0.4, 0.5) is 0 Å². The minimum atomic E-state index is -4.96. The quantitative estimate of drug-likeness (QED) is 0.0438. The zero-order valence-electron chi connectivity index (χ0n) is 37.8. The summed E-state index contributed by atoms with van der Waals surface area (Å²) in [5.41, 5.74) is 5.24. The highest BCUT2D eigenvalue weighted by atomic mass is 32.2. The van der Waals surface area contributed by atoms with Gasteiger partial charge in [0.1, 0.15) is 11.8 Å². The molecule has 33 heteroatoms. The van der Waals surface area contributed by atoms with Gasteiger partial charge in [-0.1, -0.05) is 0 Å². The Kier molecular flexibility index (Phi) is 23.7. The van der Waals surface area contributed by atoms with Gasteiger partial charge in [-0.2, -0.15) is 25.3 Å². The van der Waals surface area contributed by atoms with Crippen LogP contribution in [0.15, 0.2) is 0 Å². The zero-order valence-corrected chi connectivity index (χ0v) is 40.2. The second-order valence-corrected chi connectivity index (χ2v) is 19.8. The number of amides is 10. The summed E-state index contributed by atoms with van der Waals surface area (Å²) in [6.45, 7) is -4.86. The normalized spacial score (nSPS) is 12.9. The summed E-state index contributed by atoms with van der Waals surface area (Å²) in [4.78, 5) is 134. The average molecular weight is 1010 g/mol. The van der Waals surface area contributed by atoms with Crippen molar-refractivity contribution in [2.75, 3.05) is 127 Å². The van der Waals surface area contributed by atoms with E-state index in [9.17, 15) is 82.3 Å². The molecule has 0 saturated carbocycles. The number of hydrogen-bond donors (Lipinski definition) is 6. The summed E-state index contributed by atoms with van der Waals surface area (Å²) in [5, 5.41) is 2.31. The van der Waals surface area contributed by atoms with Gasteiger partial charge in [-0.15, -0.1) is 0 Å². The molecule has 7 N–H and O–H groups in total. The third kappa shape index (κ3) is 22.5. The van der Waals surface area contributed by atoms with Crippen molar-refractivity contribution in [3.05, 3.63) is 0 Å². The van der Waals surface area contributed by atoms with Crippen molar-refractivity contribution in [3.63, 3.8) is 0 Å². The van der Waals surface area contributed by atoms with Gasteiger partial charge in [0.25, 0.3) is 30.4 Å². The third-order valence-corrected chi connectivity index (χ3v) is 11.8. The maximum Gasteiger partial charge on any atom is 0.278 e. The summed E-state index contributed by atoms with van der Waals surface area (Å²) < 4.78 is 95.9. The predicted octanol–water partition coefficient (Wildman–Crippen LogP) is -8.37. The third-order valence-electron chi connectivity index (χ3n) is 9.03. The Morgan fingerprint density at radius 1 is 0.439 bits per heavy atom. The summed E-state index contributed by atoms with van der Waals surface area (Å²) in [5.74, 6) is -11.3. The van der Waals surface area contributed by atoms with Crippen molar-refractivity contribution in [1.29, 1.82) is 0 Å². The maximum atomic E-state index is 13.2. The first kappa shape index (κ1) is 60.4. The number of nitrogens with one attached hydrogen (secondary N) is 2. The zero-order chi connectivity index (χ0) is 51.8. The molecule has 1 unspecified atom stereocenters. The number of hydrogen-bond acceptors (Lipinski definition) is 17. The topological polar surface area (TPSA) is 410 Å². The van der Waals surface area contributed by atoms with Crippen molar-refractivity contribution in [2.24, 2.45) is 5.73 Å². The van der Waals surface area contributed by atoms with Crippen molar-refractivity contribution in [1.82, 2.24) is 49.8 Å². The summed E-state index contributed by atoms with van der Waals surface area (Å²) >= 11 is 0. The van der Waals surface area contributed by atoms with Gasteiger partial charge < -0.3 is 55.6 Å². The van der Waals surface area contributed by atoms with E-state index < -0.39 is 177 Å². The maximum absolute atomic E-state index is 13.2. The number of carbonyl (C=O) groups is 10. The molecule has 0 aliphatic rings. The van der Waals surface area contributed by atoms with Crippen LogP contribution in [0.1, 0.15) is 6.92 Å². The molecule has 0 fully saturated rings. The smallest absolute Gasteiger partial charge is 0.278 e. The van der Waals surface area contributed by atoms with E-state index >= 15 is 0 Å². The summed E-state index contributed by atoms with van der Waals surface area (Å²) in [6, 6.07) is -2.99. The highest BCUT2D eigenvalue weighted by molar-refractivity contribution is 7.87. The lowest BCUT2D eigenvalue weighted by atomic mass is 10.2. The Labute approximate surface area is 381 Å².